The topological polar surface area (TPSA) is 81.2 Å². The summed E-state index contributed by atoms with van der Waals surface area (Å²) in [4.78, 5) is 50.8. The number of carbonyl (C=O) groups excluding carboxylic acids is 4. The number of hydrogen-bond donors (Lipinski definition) is 0. The number of alkyl halides is 2. The Hall–Kier alpha value is -1.00. The van der Waals surface area contributed by atoms with Gasteiger partial charge < -0.3 is 0 Å². The Morgan fingerprint density at radius 1 is 0.950 bits per heavy atom. The number of hydrazine groups is 1. The molecule has 0 aromatic carbocycles. The minimum atomic E-state index is -1.46. The van der Waals surface area contributed by atoms with Crippen LogP contribution in [0.4, 0.5) is 4.79 Å². The van der Waals surface area contributed by atoms with Gasteiger partial charge in [-0.05, 0) is 0 Å². The van der Waals surface area contributed by atoms with Crippen LogP contribution in [0.5, 0.6) is 0 Å². The maximum absolute atomic E-state index is 12.3. The van der Waals surface area contributed by atoms with E-state index in [2.05, 4.69) is 31.9 Å². The largest absolute Gasteiger partial charge is 0.340 e. The first-order chi connectivity index (χ1) is 9.11. The molecule has 0 N–H and O–H groups in total. The van der Waals surface area contributed by atoms with Gasteiger partial charge in [-0.25, -0.2) is 4.79 Å². The number of hydrogen-bond acceptors (Lipinski definition) is 5. The van der Waals surface area contributed by atoms with Gasteiger partial charge in [-0.1, -0.05) is 31.9 Å². The van der Waals surface area contributed by atoms with E-state index in [4.69, 9.17) is 0 Å². The van der Waals surface area contributed by atoms with Crippen molar-refractivity contribution >= 4 is 55.6 Å². The van der Waals surface area contributed by atoms with Crippen molar-refractivity contribution in [1.82, 2.24) is 19.8 Å². The van der Waals surface area contributed by atoms with Crippen LogP contribution in [0.3, 0.4) is 0 Å². The number of amides is 5. The Kier molecular flexibility index (Phi) is 2.51. The van der Waals surface area contributed by atoms with Crippen molar-refractivity contribution in [2.24, 2.45) is 0 Å². The van der Waals surface area contributed by atoms with Crippen molar-refractivity contribution in [2.45, 2.75) is 14.8 Å². The predicted molar refractivity (Wildman–Crippen MR) is 72.6 cm³/mol. The molecule has 3 atom stereocenters. The molecule has 10 heteroatoms. The highest BCUT2D eigenvalue weighted by Crippen LogP contribution is 2.62. The number of nitrogens with zero attached hydrogens (tertiary/aromatic N) is 4. The van der Waals surface area contributed by atoms with Gasteiger partial charge in [0.25, 0.3) is 17.7 Å². The molecule has 3 aliphatic rings. The van der Waals surface area contributed by atoms with E-state index in [0.29, 0.717) is 0 Å². The molecule has 0 bridgehead atoms. The van der Waals surface area contributed by atoms with Gasteiger partial charge in [0.1, 0.15) is 6.04 Å². The standard InChI is InChI=1S/C10H10Br2N4O4/c1-13-5(17)4-9(11)6(18)14(2)7(19)10(9,12)16(4)15(3)8(13)20/h4H,1-3H3/t4-,9+,10-/m0/s1. The highest BCUT2D eigenvalue weighted by Gasteiger charge is 2.86. The average molecular weight is 410 g/mol. The maximum Gasteiger partial charge on any atom is 0.340 e. The van der Waals surface area contributed by atoms with Gasteiger partial charge in [-0.3, -0.25) is 29.2 Å². The second kappa shape index (κ2) is 3.60. The lowest BCUT2D eigenvalue weighted by molar-refractivity contribution is -0.193. The lowest BCUT2D eigenvalue weighted by atomic mass is 9.80. The van der Waals surface area contributed by atoms with Gasteiger partial charge in [-0.2, -0.15) is 5.01 Å². The van der Waals surface area contributed by atoms with E-state index >= 15 is 0 Å². The molecule has 3 heterocycles. The first kappa shape index (κ1) is 14.0. The molecular formula is C10H10Br2N4O4. The first-order valence-corrected chi connectivity index (χ1v) is 7.25. The summed E-state index contributed by atoms with van der Waals surface area (Å²) in [6.45, 7) is 0. The fourth-order valence-electron chi connectivity index (χ4n) is 2.94. The zero-order chi connectivity index (χ0) is 15.2. The number of likely N-dealkylation sites (tertiary alicyclic amines) is 1. The molecule has 0 radical (unpaired) electrons. The Balaban J connectivity index is 2.19. The van der Waals surface area contributed by atoms with Crippen molar-refractivity contribution in [3.63, 3.8) is 0 Å². The molecule has 0 aromatic heterocycles. The number of fused-ring (bicyclic) bond motifs is 4. The molecule has 3 rings (SSSR count). The molecule has 20 heavy (non-hydrogen) atoms. The third-order valence-electron chi connectivity index (χ3n) is 4.07. The lowest BCUT2D eigenvalue weighted by Gasteiger charge is -2.63. The highest BCUT2D eigenvalue weighted by atomic mass is 79.9. The zero-order valence-corrected chi connectivity index (χ0v) is 13.9. The van der Waals surface area contributed by atoms with Crippen molar-refractivity contribution in [3.05, 3.63) is 0 Å². The fraction of sp³-hybridized carbons (Fsp3) is 0.600. The van der Waals surface area contributed by atoms with Crippen molar-refractivity contribution in [1.29, 1.82) is 0 Å². The van der Waals surface area contributed by atoms with Crippen LogP contribution in [0, 0.1) is 0 Å². The number of halogens is 2. The monoisotopic (exact) mass is 408 g/mol. The summed E-state index contributed by atoms with van der Waals surface area (Å²) in [7, 11) is 4.14. The molecule has 0 aliphatic carbocycles. The van der Waals surface area contributed by atoms with Gasteiger partial charge in [0, 0.05) is 21.1 Å². The SMILES string of the molecule is CN1C(=O)[C@@H]2N(N(C)C1=O)[C@@]1(Br)C(=O)N(C)C(=O)[C@]21Br. The minimum Gasteiger partial charge on any atom is -0.282 e. The number of likely N-dealkylation sites (N-methyl/N-ethyl adjacent to an activating group) is 2. The van der Waals surface area contributed by atoms with Crippen LogP contribution in [0.15, 0.2) is 0 Å². The van der Waals surface area contributed by atoms with Crippen LogP contribution >= 0.6 is 31.9 Å². The highest BCUT2D eigenvalue weighted by molar-refractivity contribution is 9.13. The molecule has 8 nitrogen and oxygen atoms in total. The van der Waals surface area contributed by atoms with Gasteiger partial charge in [0.05, 0.1) is 0 Å². The third kappa shape index (κ3) is 1.06. The second-order valence-electron chi connectivity index (χ2n) is 4.95. The normalized spacial score (nSPS) is 41.0. The maximum atomic E-state index is 12.3. The summed E-state index contributed by atoms with van der Waals surface area (Å²) in [5, 5.41) is 2.47. The van der Waals surface area contributed by atoms with Crippen molar-refractivity contribution in [2.75, 3.05) is 21.1 Å². The molecule has 0 unspecified atom stereocenters. The van der Waals surface area contributed by atoms with Crippen LogP contribution in [-0.2, 0) is 14.4 Å². The number of imide groups is 2. The average Bonchev–Trinajstić information content (AvgIpc) is 2.52. The zero-order valence-electron chi connectivity index (χ0n) is 10.8. The number of urea groups is 1. The minimum absolute atomic E-state index is 0.509. The van der Waals surface area contributed by atoms with Crippen LogP contribution in [0.1, 0.15) is 0 Å². The van der Waals surface area contributed by atoms with E-state index in [0.717, 1.165) is 9.80 Å². The van der Waals surface area contributed by atoms with Crippen molar-refractivity contribution < 1.29 is 19.2 Å². The Labute approximate surface area is 130 Å². The Morgan fingerprint density at radius 3 is 2.05 bits per heavy atom. The van der Waals surface area contributed by atoms with E-state index in [9.17, 15) is 19.2 Å². The molecule has 0 aromatic rings. The van der Waals surface area contributed by atoms with Crippen LogP contribution in [0.2, 0.25) is 0 Å². The van der Waals surface area contributed by atoms with E-state index in [1.54, 1.807) is 0 Å². The number of carbonyl (C=O) groups is 4. The summed E-state index contributed by atoms with van der Waals surface area (Å²) < 4.78 is -2.87. The molecule has 3 saturated heterocycles. The summed E-state index contributed by atoms with van der Waals surface area (Å²) in [6.07, 6.45) is 0. The lowest BCUT2D eigenvalue weighted by Crippen LogP contribution is -2.89. The smallest absolute Gasteiger partial charge is 0.282 e. The Morgan fingerprint density at radius 2 is 1.50 bits per heavy atom. The van der Waals surface area contributed by atoms with Crippen LogP contribution in [0.25, 0.3) is 0 Å². The molecule has 5 amide bonds. The molecule has 3 fully saturated rings. The van der Waals surface area contributed by atoms with Crippen LogP contribution < -0.4 is 0 Å². The molecule has 0 saturated carbocycles. The van der Waals surface area contributed by atoms with Crippen molar-refractivity contribution in [3.8, 4) is 0 Å². The Bertz CT molecular complexity index is 598. The van der Waals surface area contributed by atoms with Gasteiger partial charge in [0.15, 0.2) is 4.32 Å². The van der Waals surface area contributed by atoms with E-state index in [1.165, 1.54) is 31.2 Å². The summed E-state index contributed by atoms with van der Waals surface area (Å²) in [5.74, 6) is -1.56. The summed E-state index contributed by atoms with van der Waals surface area (Å²) >= 11 is 6.52. The quantitative estimate of drug-likeness (QED) is 0.301. The molecule has 108 valence electrons. The van der Waals surface area contributed by atoms with Gasteiger partial charge >= 0.3 is 6.03 Å². The molecule has 3 aliphatic heterocycles. The third-order valence-corrected chi connectivity index (χ3v) is 7.28. The van der Waals surface area contributed by atoms with Gasteiger partial charge in [-0.15, -0.1) is 0 Å². The number of rotatable bonds is 0. The summed E-state index contributed by atoms with van der Waals surface area (Å²) in [5.41, 5.74) is 0. The van der Waals surface area contributed by atoms with E-state index < -0.39 is 38.6 Å². The fourth-order valence-corrected chi connectivity index (χ4v) is 5.04. The summed E-state index contributed by atoms with van der Waals surface area (Å²) in [6, 6.07) is -1.51. The molecule has 0 spiro atoms. The first-order valence-electron chi connectivity index (χ1n) is 5.66. The van der Waals surface area contributed by atoms with E-state index in [-0.39, 0.29) is 0 Å². The molecular weight excluding hydrogens is 400 g/mol. The second-order valence-corrected chi connectivity index (χ2v) is 7.35. The predicted octanol–water partition coefficient (Wildman–Crippen LogP) is -0.667. The van der Waals surface area contributed by atoms with Crippen LogP contribution in [-0.4, -0.2) is 79.5 Å². The van der Waals surface area contributed by atoms with Gasteiger partial charge in [0.2, 0.25) is 4.45 Å². The van der Waals surface area contributed by atoms with E-state index in [1.807, 2.05) is 0 Å².